The van der Waals surface area contributed by atoms with E-state index in [9.17, 15) is 4.79 Å². The first kappa shape index (κ1) is 10.1. The summed E-state index contributed by atoms with van der Waals surface area (Å²) >= 11 is 0. The van der Waals surface area contributed by atoms with Gasteiger partial charge in [-0.05, 0) is 32.6 Å². The van der Waals surface area contributed by atoms with Crippen molar-refractivity contribution in [2.24, 2.45) is 5.41 Å². The molecule has 14 heavy (non-hydrogen) atoms. The molecule has 2 aliphatic rings. The molecule has 0 N–H and O–H groups in total. The summed E-state index contributed by atoms with van der Waals surface area (Å²) in [6, 6.07) is 0. The number of aldehydes is 1. The van der Waals surface area contributed by atoms with Crippen molar-refractivity contribution in [1.82, 2.24) is 0 Å². The van der Waals surface area contributed by atoms with Gasteiger partial charge in [-0.25, -0.2) is 0 Å². The SMILES string of the molecule is CC1CCC(CC2(C=O)CCOC2)O1. The van der Waals surface area contributed by atoms with Crippen molar-refractivity contribution in [2.75, 3.05) is 13.2 Å². The Kier molecular flexibility index (Phi) is 2.88. The quantitative estimate of drug-likeness (QED) is 0.645. The second kappa shape index (κ2) is 3.99. The molecular formula is C11H18O3. The third-order valence-electron chi connectivity index (χ3n) is 3.34. The summed E-state index contributed by atoms with van der Waals surface area (Å²) in [5.41, 5.74) is -0.241. The van der Waals surface area contributed by atoms with Crippen LogP contribution in [-0.4, -0.2) is 31.7 Å². The number of hydrogen-bond donors (Lipinski definition) is 0. The Morgan fingerprint density at radius 3 is 2.86 bits per heavy atom. The van der Waals surface area contributed by atoms with E-state index in [0.717, 1.165) is 38.6 Å². The lowest BCUT2D eigenvalue weighted by molar-refractivity contribution is -0.118. The molecule has 0 aliphatic carbocycles. The van der Waals surface area contributed by atoms with E-state index in [1.807, 2.05) is 0 Å². The van der Waals surface area contributed by atoms with Crippen molar-refractivity contribution >= 4 is 6.29 Å². The lowest BCUT2D eigenvalue weighted by atomic mass is 9.82. The van der Waals surface area contributed by atoms with Gasteiger partial charge in [0.25, 0.3) is 0 Å². The summed E-state index contributed by atoms with van der Waals surface area (Å²) in [7, 11) is 0. The van der Waals surface area contributed by atoms with Crippen LogP contribution in [0, 0.1) is 5.41 Å². The fourth-order valence-corrected chi connectivity index (χ4v) is 2.41. The van der Waals surface area contributed by atoms with Crippen LogP contribution in [0.4, 0.5) is 0 Å². The van der Waals surface area contributed by atoms with Gasteiger partial charge in [-0.2, -0.15) is 0 Å². The largest absolute Gasteiger partial charge is 0.380 e. The van der Waals surface area contributed by atoms with Crippen LogP contribution >= 0.6 is 0 Å². The van der Waals surface area contributed by atoms with Crippen LogP contribution in [0.5, 0.6) is 0 Å². The molecule has 0 aromatic carbocycles. The Morgan fingerprint density at radius 2 is 2.36 bits per heavy atom. The van der Waals surface area contributed by atoms with Gasteiger partial charge in [-0.15, -0.1) is 0 Å². The van der Waals surface area contributed by atoms with E-state index in [0.29, 0.717) is 12.7 Å². The Labute approximate surface area is 84.8 Å². The molecule has 0 spiro atoms. The van der Waals surface area contributed by atoms with Gasteiger partial charge in [-0.1, -0.05) is 0 Å². The molecule has 0 aromatic rings. The van der Waals surface area contributed by atoms with Crippen molar-refractivity contribution in [3.63, 3.8) is 0 Å². The summed E-state index contributed by atoms with van der Waals surface area (Å²) in [4.78, 5) is 11.1. The van der Waals surface area contributed by atoms with E-state index in [4.69, 9.17) is 9.47 Å². The topological polar surface area (TPSA) is 35.5 Å². The van der Waals surface area contributed by atoms with Crippen LogP contribution in [-0.2, 0) is 14.3 Å². The second-order valence-corrected chi connectivity index (χ2v) is 4.63. The van der Waals surface area contributed by atoms with E-state index in [2.05, 4.69) is 6.92 Å². The van der Waals surface area contributed by atoms with Crippen LogP contribution in [0.15, 0.2) is 0 Å². The van der Waals surface area contributed by atoms with Crippen molar-refractivity contribution < 1.29 is 14.3 Å². The molecule has 3 unspecified atom stereocenters. The lowest BCUT2D eigenvalue weighted by Gasteiger charge is -2.23. The summed E-state index contributed by atoms with van der Waals surface area (Å²) in [5.74, 6) is 0. The van der Waals surface area contributed by atoms with Crippen molar-refractivity contribution in [3.05, 3.63) is 0 Å². The summed E-state index contributed by atoms with van der Waals surface area (Å²) in [5, 5.41) is 0. The first-order valence-corrected chi connectivity index (χ1v) is 5.44. The van der Waals surface area contributed by atoms with Crippen molar-refractivity contribution in [2.45, 2.75) is 44.8 Å². The minimum atomic E-state index is -0.241. The summed E-state index contributed by atoms with van der Waals surface area (Å²) in [6.45, 7) is 3.41. The third-order valence-corrected chi connectivity index (χ3v) is 3.34. The minimum Gasteiger partial charge on any atom is -0.380 e. The normalized spacial score (nSPS) is 42.9. The van der Waals surface area contributed by atoms with Crippen LogP contribution < -0.4 is 0 Å². The first-order chi connectivity index (χ1) is 6.74. The smallest absolute Gasteiger partial charge is 0.128 e. The molecular weight excluding hydrogens is 180 g/mol. The number of carbonyl (C=O) groups excluding carboxylic acids is 1. The molecule has 0 saturated carbocycles. The maximum absolute atomic E-state index is 11.1. The first-order valence-electron chi connectivity index (χ1n) is 5.44. The fourth-order valence-electron chi connectivity index (χ4n) is 2.41. The zero-order chi connectivity index (χ0) is 10.0. The van der Waals surface area contributed by atoms with Crippen LogP contribution in [0.2, 0.25) is 0 Å². The van der Waals surface area contributed by atoms with Crippen molar-refractivity contribution in [3.8, 4) is 0 Å². The molecule has 2 saturated heterocycles. The predicted molar refractivity (Wildman–Crippen MR) is 52.1 cm³/mol. The number of carbonyl (C=O) groups is 1. The van der Waals surface area contributed by atoms with Crippen LogP contribution in [0.1, 0.15) is 32.6 Å². The summed E-state index contributed by atoms with van der Waals surface area (Å²) in [6.07, 6.45) is 5.65. The Balaban J connectivity index is 1.91. The molecule has 2 rings (SSSR count). The van der Waals surface area contributed by atoms with Crippen molar-refractivity contribution in [1.29, 1.82) is 0 Å². The van der Waals surface area contributed by atoms with Gasteiger partial charge in [0.1, 0.15) is 6.29 Å². The van der Waals surface area contributed by atoms with E-state index >= 15 is 0 Å². The summed E-state index contributed by atoms with van der Waals surface area (Å²) < 4.78 is 11.0. The van der Waals surface area contributed by atoms with Gasteiger partial charge < -0.3 is 14.3 Å². The highest BCUT2D eigenvalue weighted by Crippen LogP contribution is 2.35. The van der Waals surface area contributed by atoms with E-state index in [1.165, 1.54) is 0 Å². The average Bonchev–Trinajstić information content (AvgIpc) is 2.77. The molecule has 0 radical (unpaired) electrons. The minimum absolute atomic E-state index is 0.241. The Morgan fingerprint density at radius 1 is 1.50 bits per heavy atom. The highest BCUT2D eigenvalue weighted by atomic mass is 16.5. The Bertz CT molecular complexity index is 209. The molecule has 0 aromatic heterocycles. The predicted octanol–water partition coefficient (Wildman–Crippen LogP) is 1.55. The molecule has 3 atom stereocenters. The van der Waals surface area contributed by atoms with Gasteiger partial charge in [-0.3, -0.25) is 0 Å². The van der Waals surface area contributed by atoms with Gasteiger partial charge >= 0.3 is 0 Å². The van der Waals surface area contributed by atoms with Gasteiger partial charge in [0, 0.05) is 6.61 Å². The maximum atomic E-state index is 11.1. The molecule has 3 heteroatoms. The van der Waals surface area contributed by atoms with E-state index in [1.54, 1.807) is 0 Å². The molecule has 2 aliphatic heterocycles. The molecule has 0 amide bonds. The highest BCUT2D eigenvalue weighted by molar-refractivity contribution is 5.60. The highest BCUT2D eigenvalue weighted by Gasteiger charge is 2.38. The second-order valence-electron chi connectivity index (χ2n) is 4.63. The molecule has 3 nitrogen and oxygen atoms in total. The van der Waals surface area contributed by atoms with Gasteiger partial charge in [0.05, 0.1) is 24.2 Å². The number of rotatable bonds is 3. The molecule has 2 fully saturated rings. The van der Waals surface area contributed by atoms with Gasteiger partial charge in [0.15, 0.2) is 0 Å². The third kappa shape index (κ3) is 1.98. The molecule has 0 bridgehead atoms. The van der Waals surface area contributed by atoms with E-state index < -0.39 is 0 Å². The molecule has 2 heterocycles. The number of ether oxygens (including phenoxy) is 2. The van der Waals surface area contributed by atoms with Crippen LogP contribution in [0.3, 0.4) is 0 Å². The maximum Gasteiger partial charge on any atom is 0.128 e. The molecule has 80 valence electrons. The van der Waals surface area contributed by atoms with E-state index in [-0.39, 0.29) is 11.5 Å². The lowest BCUT2D eigenvalue weighted by Crippen LogP contribution is -2.28. The van der Waals surface area contributed by atoms with Crippen LogP contribution in [0.25, 0.3) is 0 Å². The standard InChI is InChI=1S/C11H18O3/c1-9-2-3-10(14-9)6-11(7-12)4-5-13-8-11/h7,9-10H,2-6,8H2,1H3. The van der Waals surface area contributed by atoms with Gasteiger partial charge in [0.2, 0.25) is 0 Å². The zero-order valence-corrected chi connectivity index (χ0v) is 8.70. The Hall–Kier alpha value is -0.410. The monoisotopic (exact) mass is 198 g/mol. The number of hydrogen-bond acceptors (Lipinski definition) is 3. The average molecular weight is 198 g/mol. The fraction of sp³-hybridized carbons (Fsp3) is 0.909. The zero-order valence-electron chi connectivity index (χ0n) is 8.70.